The summed E-state index contributed by atoms with van der Waals surface area (Å²) in [6.07, 6.45) is 1.24. The molecule has 1 rings (SSSR count). The lowest BCUT2D eigenvalue weighted by molar-refractivity contribution is -0.124. The molecule has 98 valence electrons. The summed E-state index contributed by atoms with van der Waals surface area (Å²) in [4.78, 5) is 22.9. The van der Waals surface area contributed by atoms with Gasteiger partial charge in [-0.25, -0.2) is 0 Å². The largest absolute Gasteiger partial charge is 0.347 e. The Morgan fingerprint density at radius 2 is 2.00 bits per heavy atom. The number of anilines is 1. The zero-order valence-corrected chi connectivity index (χ0v) is 12.7. The Hall–Kier alpha value is -1.11. The molecule has 4 nitrogen and oxygen atoms in total. The van der Waals surface area contributed by atoms with Gasteiger partial charge in [-0.2, -0.15) is 0 Å². The van der Waals surface area contributed by atoms with Crippen molar-refractivity contribution in [1.82, 2.24) is 5.32 Å². The van der Waals surface area contributed by atoms with Gasteiger partial charge in [-0.3, -0.25) is 9.59 Å². The second kappa shape index (κ2) is 7.35. The maximum Gasteiger partial charge on any atom is 0.243 e. The fraction of sp³-hybridized carbons (Fsp3) is 0.385. The van der Waals surface area contributed by atoms with Crippen LogP contribution in [0.4, 0.5) is 5.69 Å². The van der Waals surface area contributed by atoms with Crippen molar-refractivity contribution >= 4 is 40.1 Å². The van der Waals surface area contributed by atoms with Gasteiger partial charge in [-0.05, 0) is 59.7 Å². The zero-order valence-electron chi connectivity index (χ0n) is 10.5. The second-order valence-corrected chi connectivity index (χ2v) is 5.28. The molecule has 0 spiro atoms. The van der Waals surface area contributed by atoms with E-state index in [1.54, 1.807) is 0 Å². The monoisotopic (exact) mass is 360 g/mol. The van der Waals surface area contributed by atoms with E-state index in [1.165, 1.54) is 0 Å². The first-order valence-electron chi connectivity index (χ1n) is 5.85. The summed E-state index contributed by atoms with van der Waals surface area (Å²) in [5.41, 5.74) is 1.79. The molecular formula is C13H17IN2O2. The first kappa shape index (κ1) is 14.9. The van der Waals surface area contributed by atoms with Crippen molar-refractivity contribution in [1.29, 1.82) is 0 Å². The van der Waals surface area contributed by atoms with Gasteiger partial charge in [0, 0.05) is 15.7 Å². The predicted octanol–water partition coefficient (Wildman–Crippen LogP) is 2.45. The van der Waals surface area contributed by atoms with Crippen LogP contribution in [-0.4, -0.2) is 18.4 Å². The molecule has 2 N–H and O–H groups in total. The van der Waals surface area contributed by atoms with Gasteiger partial charge in [0.15, 0.2) is 0 Å². The van der Waals surface area contributed by atoms with Crippen molar-refractivity contribution in [2.24, 2.45) is 0 Å². The molecule has 1 aromatic rings. The van der Waals surface area contributed by atoms with Crippen LogP contribution in [0.25, 0.3) is 0 Å². The van der Waals surface area contributed by atoms with Crippen molar-refractivity contribution in [3.8, 4) is 0 Å². The molecule has 0 unspecified atom stereocenters. The summed E-state index contributed by atoms with van der Waals surface area (Å²) in [7, 11) is 0. The Labute approximate surface area is 121 Å². The molecule has 0 radical (unpaired) electrons. The number of rotatable bonds is 5. The highest BCUT2D eigenvalue weighted by Crippen LogP contribution is 2.17. The van der Waals surface area contributed by atoms with E-state index in [9.17, 15) is 9.59 Å². The van der Waals surface area contributed by atoms with Gasteiger partial charge in [0.05, 0.1) is 6.54 Å². The third-order valence-electron chi connectivity index (χ3n) is 2.39. The first-order chi connectivity index (χ1) is 8.52. The molecule has 0 saturated heterocycles. The predicted molar refractivity (Wildman–Crippen MR) is 80.4 cm³/mol. The van der Waals surface area contributed by atoms with Gasteiger partial charge in [0.1, 0.15) is 0 Å². The van der Waals surface area contributed by atoms with Gasteiger partial charge in [-0.1, -0.05) is 6.92 Å². The summed E-state index contributed by atoms with van der Waals surface area (Å²) >= 11 is 2.22. The van der Waals surface area contributed by atoms with Gasteiger partial charge in [0.25, 0.3) is 0 Å². The van der Waals surface area contributed by atoms with E-state index in [2.05, 4.69) is 33.2 Å². The van der Waals surface area contributed by atoms with Crippen molar-refractivity contribution in [3.05, 3.63) is 27.3 Å². The Kier molecular flexibility index (Phi) is 6.11. The smallest absolute Gasteiger partial charge is 0.243 e. The molecule has 0 heterocycles. The molecule has 0 fully saturated rings. The number of aryl methyl sites for hydroxylation is 1. The number of carbonyl (C=O) groups is 2. The van der Waals surface area contributed by atoms with Crippen molar-refractivity contribution < 1.29 is 9.59 Å². The molecule has 0 aliphatic heterocycles. The highest BCUT2D eigenvalue weighted by atomic mass is 127. The maximum absolute atomic E-state index is 11.6. The molecule has 5 heteroatoms. The molecule has 0 saturated carbocycles. The van der Waals surface area contributed by atoms with Crippen LogP contribution in [-0.2, 0) is 9.59 Å². The third-order valence-corrected chi connectivity index (χ3v) is 3.06. The molecule has 0 atom stereocenters. The average molecular weight is 360 g/mol. The fourth-order valence-electron chi connectivity index (χ4n) is 1.46. The molecule has 0 bridgehead atoms. The average Bonchev–Trinajstić information content (AvgIpc) is 2.31. The molecule has 1 aromatic carbocycles. The lowest BCUT2D eigenvalue weighted by Crippen LogP contribution is -2.32. The van der Waals surface area contributed by atoms with Gasteiger partial charge < -0.3 is 10.6 Å². The quantitative estimate of drug-likeness (QED) is 0.793. The van der Waals surface area contributed by atoms with Gasteiger partial charge >= 0.3 is 0 Å². The molecule has 0 aliphatic carbocycles. The van der Waals surface area contributed by atoms with Crippen LogP contribution in [0.1, 0.15) is 25.3 Å². The highest BCUT2D eigenvalue weighted by molar-refractivity contribution is 14.1. The fourth-order valence-corrected chi connectivity index (χ4v) is 2.10. The lowest BCUT2D eigenvalue weighted by Gasteiger charge is -2.09. The van der Waals surface area contributed by atoms with Crippen LogP contribution in [0.3, 0.4) is 0 Å². The number of benzene rings is 1. The summed E-state index contributed by atoms with van der Waals surface area (Å²) in [5, 5.41) is 5.36. The highest BCUT2D eigenvalue weighted by Gasteiger charge is 2.06. The Morgan fingerprint density at radius 3 is 2.61 bits per heavy atom. The van der Waals surface area contributed by atoms with E-state index >= 15 is 0 Å². The number of amides is 2. The van der Waals surface area contributed by atoms with E-state index in [0.29, 0.717) is 6.42 Å². The van der Waals surface area contributed by atoms with Crippen LogP contribution < -0.4 is 10.6 Å². The van der Waals surface area contributed by atoms with E-state index in [1.807, 2.05) is 32.0 Å². The van der Waals surface area contributed by atoms with E-state index in [4.69, 9.17) is 0 Å². The normalized spacial score (nSPS) is 9.94. The standard InChI is InChI=1S/C13H17IN2O2/c1-3-4-12(17)15-8-13(18)16-11-6-5-10(14)7-9(11)2/h5-7H,3-4,8H2,1-2H3,(H,15,17)(H,16,18). The number of nitrogens with one attached hydrogen (secondary N) is 2. The Balaban J connectivity index is 2.47. The number of halogens is 1. The summed E-state index contributed by atoms with van der Waals surface area (Å²) in [6, 6.07) is 5.79. The van der Waals surface area contributed by atoms with Crippen molar-refractivity contribution in [2.75, 3.05) is 11.9 Å². The minimum atomic E-state index is -0.205. The van der Waals surface area contributed by atoms with Crippen molar-refractivity contribution in [2.45, 2.75) is 26.7 Å². The number of hydrogen-bond acceptors (Lipinski definition) is 2. The van der Waals surface area contributed by atoms with Gasteiger partial charge in [-0.15, -0.1) is 0 Å². The Bertz CT molecular complexity index is 447. The van der Waals surface area contributed by atoms with Crippen LogP contribution in [0.5, 0.6) is 0 Å². The number of carbonyl (C=O) groups excluding carboxylic acids is 2. The lowest BCUT2D eigenvalue weighted by atomic mass is 10.2. The number of hydrogen-bond donors (Lipinski definition) is 2. The van der Waals surface area contributed by atoms with E-state index < -0.39 is 0 Å². The minimum Gasteiger partial charge on any atom is -0.347 e. The Morgan fingerprint density at radius 1 is 1.28 bits per heavy atom. The molecule has 18 heavy (non-hydrogen) atoms. The van der Waals surface area contributed by atoms with Crippen LogP contribution in [0.2, 0.25) is 0 Å². The van der Waals surface area contributed by atoms with Crippen LogP contribution >= 0.6 is 22.6 Å². The summed E-state index contributed by atoms with van der Waals surface area (Å²) in [5.74, 6) is -0.296. The van der Waals surface area contributed by atoms with Crippen LogP contribution in [0, 0.1) is 10.5 Å². The summed E-state index contributed by atoms with van der Waals surface area (Å²) < 4.78 is 1.12. The van der Waals surface area contributed by atoms with E-state index in [-0.39, 0.29) is 18.4 Å². The van der Waals surface area contributed by atoms with Crippen molar-refractivity contribution in [3.63, 3.8) is 0 Å². The second-order valence-electron chi connectivity index (χ2n) is 4.03. The molecular weight excluding hydrogens is 343 g/mol. The minimum absolute atomic E-state index is 0.0181. The third kappa shape index (κ3) is 5.03. The topological polar surface area (TPSA) is 58.2 Å². The van der Waals surface area contributed by atoms with Crippen LogP contribution in [0.15, 0.2) is 18.2 Å². The molecule has 0 aromatic heterocycles. The summed E-state index contributed by atoms with van der Waals surface area (Å²) in [6.45, 7) is 3.88. The van der Waals surface area contributed by atoms with E-state index in [0.717, 1.165) is 21.2 Å². The SMILES string of the molecule is CCCC(=O)NCC(=O)Nc1ccc(I)cc1C. The van der Waals surface area contributed by atoms with Gasteiger partial charge in [0.2, 0.25) is 11.8 Å². The molecule has 0 aliphatic rings. The maximum atomic E-state index is 11.6. The zero-order chi connectivity index (χ0) is 13.5. The first-order valence-corrected chi connectivity index (χ1v) is 6.93. The molecule has 2 amide bonds.